The van der Waals surface area contributed by atoms with E-state index in [0.29, 0.717) is 34.0 Å². The van der Waals surface area contributed by atoms with Gasteiger partial charge in [0.1, 0.15) is 0 Å². The highest BCUT2D eigenvalue weighted by Crippen LogP contribution is 2.24. The molecule has 1 aromatic carbocycles. The summed E-state index contributed by atoms with van der Waals surface area (Å²) in [6.07, 6.45) is 3.98. The lowest BCUT2D eigenvalue weighted by atomic mass is 10.2. The molecule has 1 aliphatic heterocycles. The summed E-state index contributed by atoms with van der Waals surface area (Å²) in [7, 11) is 0. The van der Waals surface area contributed by atoms with Crippen molar-refractivity contribution in [2.45, 2.75) is 18.9 Å². The number of ether oxygens (including phenoxy) is 1. The van der Waals surface area contributed by atoms with Crippen LogP contribution in [-0.4, -0.2) is 34.4 Å². The number of nitrogens with one attached hydrogen (secondary N) is 2. The molecule has 22 heavy (non-hydrogen) atoms. The van der Waals surface area contributed by atoms with Crippen LogP contribution in [0.4, 0.5) is 17.5 Å². The molecule has 6 nitrogen and oxygen atoms in total. The Hall–Kier alpha value is -1.63. The van der Waals surface area contributed by atoms with Gasteiger partial charge in [0.25, 0.3) is 0 Å². The van der Waals surface area contributed by atoms with Crippen LogP contribution in [-0.2, 0) is 4.74 Å². The average molecular weight is 340 g/mol. The number of benzene rings is 1. The first-order valence-corrected chi connectivity index (χ1v) is 7.73. The molecular formula is C14H15Cl2N5O. The SMILES string of the molecule is Clc1cc(Cl)cc(Nc2nncc(NCC3CCCO3)n2)c1. The van der Waals surface area contributed by atoms with E-state index in [1.54, 1.807) is 24.4 Å². The fraction of sp³-hybridized carbons (Fsp3) is 0.357. The molecule has 0 radical (unpaired) electrons. The third-order valence-corrected chi connectivity index (χ3v) is 3.65. The van der Waals surface area contributed by atoms with Gasteiger partial charge in [-0.15, -0.1) is 5.10 Å². The third-order valence-electron chi connectivity index (χ3n) is 3.21. The lowest BCUT2D eigenvalue weighted by Crippen LogP contribution is -2.19. The standard InChI is InChI=1S/C14H15Cl2N5O/c15-9-4-10(16)6-11(5-9)19-14-20-13(8-18-21-14)17-7-12-2-1-3-22-12/h4-6,8,12H,1-3,7H2,(H2,17,19,20,21). The molecule has 2 N–H and O–H groups in total. The summed E-state index contributed by atoms with van der Waals surface area (Å²) in [5, 5.41) is 15.2. The minimum absolute atomic E-state index is 0.234. The van der Waals surface area contributed by atoms with Crippen molar-refractivity contribution >= 4 is 40.7 Å². The Morgan fingerprint density at radius 3 is 2.77 bits per heavy atom. The van der Waals surface area contributed by atoms with Crippen LogP contribution in [0.2, 0.25) is 10.0 Å². The zero-order chi connectivity index (χ0) is 15.4. The van der Waals surface area contributed by atoms with E-state index in [0.717, 1.165) is 19.4 Å². The molecule has 0 spiro atoms. The fourth-order valence-electron chi connectivity index (χ4n) is 2.22. The third kappa shape index (κ3) is 4.19. The summed E-state index contributed by atoms with van der Waals surface area (Å²) >= 11 is 11.9. The molecular weight excluding hydrogens is 325 g/mol. The van der Waals surface area contributed by atoms with E-state index in [2.05, 4.69) is 25.8 Å². The van der Waals surface area contributed by atoms with Gasteiger partial charge in [0, 0.05) is 28.9 Å². The molecule has 1 fully saturated rings. The first kappa shape index (κ1) is 15.3. The van der Waals surface area contributed by atoms with Crippen molar-refractivity contribution in [3.05, 3.63) is 34.4 Å². The second kappa shape index (κ2) is 7.09. The molecule has 8 heteroatoms. The maximum Gasteiger partial charge on any atom is 0.249 e. The highest BCUT2D eigenvalue weighted by molar-refractivity contribution is 6.35. The first-order chi connectivity index (χ1) is 10.7. The van der Waals surface area contributed by atoms with E-state index >= 15 is 0 Å². The van der Waals surface area contributed by atoms with Crippen LogP contribution in [0.25, 0.3) is 0 Å². The number of hydrogen-bond donors (Lipinski definition) is 2. The van der Waals surface area contributed by atoms with E-state index in [9.17, 15) is 0 Å². The normalized spacial score (nSPS) is 17.5. The number of nitrogens with zero attached hydrogens (tertiary/aromatic N) is 3. The van der Waals surface area contributed by atoms with Gasteiger partial charge in [-0.05, 0) is 31.0 Å². The Balaban J connectivity index is 1.65. The maximum absolute atomic E-state index is 5.96. The molecule has 1 atom stereocenters. The molecule has 2 heterocycles. The molecule has 0 amide bonds. The van der Waals surface area contributed by atoms with Gasteiger partial charge in [-0.2, -0.15) is 10.1 Å². The average Bonchev–Trinajstić information content (AvgIpc) is 2.98. The van der Waals surface area contributed by atoms with Crippen LogP contribution < -0.4 is 10.6 Å². The van der Waals surface area contributed by atoms with Gasteiger partial charge in [-0.1, -0.05) is 23.2 Å². The van der Waals surface area contributed by atoms with Crippen LogP contribution in [0, 0.1) is 0 Å². The van der Waals surface area contributed by atoms with Crippen molar-refractivity contribution in [3.8, 4) is 0 Å². The van der Waals surface area contributed by atoms with Crippen molar-refractivity contribution in [1.29, 1.82) is 0 Å². The molecule has 3 rings (SSSR count). The van der Waals surface area contributed by atoms with Crippen molar-refractivity contribution < 1.29 is 4.74 Å². The van der Waals surface area contributed by atoms with Gasteiger partial charge in [0.05, 0.1) is 12.3 Å². The number of halogens is 2. The smallest absolute Gasteiger partial charge is 0.249 e. The van der Waals surface area contributed by atoms with E-state index in [4.69, 9.17) is 27.9 Å². The van der Waals surface area contributed by atoms with E-state index < -0.39 is 0 Å². The Morgan fingerprint density at radius 1 is 1.23 bits per heavy atom. The van der Waals surface area contributed by atoms with Gasteiger partial charge in [-0.3, -0.25) is 0 Å². The van der Waals surface area contributed by atoms with Gasteiger partial charge in [-0.25, -0.2) is 0 Å². The van der Waals surface area contributed by atoms with Gasteiger partial charge in [0.15, 0.2) is 5.82 Å². The largest absolute Gasteiger partial charge is 0.376 e. The molecule has 1 aliphatic rings. The Morgan fingerprint density at radius 2 is 2.05 bits per heavy atom. The Kier molecular flexibility index (Phi) is 4.92. The number of aromatic nitrogens is 3. The highest BCUT2D eigenvalue weighted by atomic mass is 35.5. The van der Waals surface area contributed by atoms with Crippen molar-refractivity contribution in [1.82, 2.24) is 15.2 Å². The van der Waals surface area contributed by atoms with Crippen LogP contribution in [0.5, 0.6) is 0 Å². The van der Waals surface area contributed by atoms with Crippen LogP contribution in [0.15, 0.2) is 24.4 Å². The monoisotopic (exact) mass is 339 g/mol. The van der Waals surface area contributed by atoms with E-state index in [1.165, 1.54) is 0 Å². The van der Waals surface area contributed by atoms with Crippen molar-refractivity contribution in [2.75, 3.05) is 23.8 Å². The summed E-state index contributed by atoms with van der Waals surface area (Å²) in [6, 6.07) is 5.14. The summed E-state index contributed by atoms with van der Waals surface area (Å²) in [5.74, 6) is 1.01. The second-order valence-electron chi connectivity index (χ2n) is 4.96. The first-order valence-electron chi connectivity index (χ1n) is 6.97. The Labute approximate surface area is 138 Å². The molecule has 0 aliphatic carbocycles. The van der Waals surface area contributed by atoms with Gasteiger partial charge >= 0.3 is 0 Å². The van der Waals surface area contributed by atoms with Crippen molar-refractivity contribution in [2.24, 2.45) is 0 Å². The van der Waals surface area contributed by atoms with Gasteiger partial charge in [0.2, 0.25) is 5.95 Å². The molecule has 1 saturated heterocycles. The molecule has 116 valence electrons. The fourth-order valence-corrected chi connectivity index (χ4v) is 2.75. The van der Waals surface area contributed by atoms with Crippen LogP contribution in [0.1, 0.15) is 12.8 Å². The topological polar surface area (TPSA) is 72.0 Å². The predicted octanol–water partition coefficient (Wildman–Crippen LogP) is 3.51. The Bertz CT molecular complexity index is 629. The van der Waals surface area contributed by atoms with Crippen molar-refractivity contribution in [3.63, 3.8) is 0 Å². The minimum Gasteiger partial charge on any atom is -0.376 e. The van der Waals surface area contributed by atoms with E-state index in [1.807, 2.05) is 0 Å². The lowest BCUT2D eigenvalue weighted by Gasteiger charge is -2.11. The lowest BCUT2D eigenvalue weighted by molar-refractivity contribution is 0.120. The van der Waals surface area contributed by atoms with Crippen LogP contribution >= 0.6 is 23.2 Å². The number of anilines is 3. The predicted molar refractivity (Wildman–Crippen MR) is 87.0 cm³/mol. The molecule has 0 bridgehead atoms. The zero-order valence-corrected chi connectivity index (χ0v) is 13.2. The molecule has 2 aromatic rings. The van der Waals surface area contributed by atoms with Gasteiger partial charge < -0.3 is 15.4 Å². The maximum atomic E-state index is 5.96. The molecule has 0 saturated carbocycles. The quantitative estimate of drug-likeness (QED) is 0.868. The van der Waals surface area contributed by atoms with Crippen LogP contribution in [0.3, 0.4) is 0 Å². The number of hydrogen-bond acceptors (Lipinski definition) is 6. The second-order valence-corrected chi connectivity index (χ2v) is 5.84. The molecule has 1 aromatic heterocycles. The summed E-state index contributed by atoms with van der Waals surface area (Å²) < 4.78 is 5.56. The minimum atomic E-state index is 0.234. The highest BCUT2D eigenvalue weighted by Gasteiger charge is 2.15. The number of rotatable bonds is 5. The van der Waals surface area contributed by atoms with E-state index in [-0.39, 0.29) is 6.10 Å². The summed E-state index contributed by atoms with van der Waals surface area (Å²) in [6.45, 7) is 1.54. The molecule has 1 unspecified atom stereocenters. The summed E-state index contributed by atoms with van der Waals surface area (Å²) in [4.78, 5) is 4.35. The zero-order valence-electron chi connectivity index (χ0n) is 11.7. The summed E-state index contributed by atoms with van der Waals surface area (Å²) in [5.41, 5.74) is 0.704.